The van der Waals surface area contributed by atoms with Crippen LogP contribution in [0.4, 0.5) is 0 Å². The van der Waals surface area contributed by atoms with Crippen molar-refractivity contribution in [3.63, 3.8) is 0 Å². The molecule has 0 spiro atoms. The molecule has 1 saturated heterocycles. The van der Waals surface area contributed by atoms with Crippen LogP contribution in [0.2, 0.25) is 0 Å². The highest BCUT2D eigenvalue weighted by atomic mass is 35.5. The van der Waals surface area contributed by atoms with Gasteiger partial charge in [-0.05, 0) is 13.0 Å². The summed E-state index contributed by atoms with van der Waals surface area (Å²) in [7, 11) is 0. The van der Waals surface area contributed by atoms with Crippen LogP contribution in [0.25, 0.3) is 0 Å². The summed E-state index contributed by atoms with van der Waals surface area (Å²) in [6.45, 7) is 3.13. The highest BCUT2D eigenvalue weighted by Crippen LogP contribution is 2.16. The maximum absolute atomic E-state index is 11.4. The third-order valence-electron chi connectivity index (χ3n) is 2.67. The average Bonchev–Trinajstić information content (AvgIpc) is 2.80. The van der Waals surface area contributed by atoms with Gasteiger partial charge in [-0.3, -0.25) is 4.79 Å². The topological polar surface area (TPSA) is 55.3 Å². The predicted octanol–water partition coefficient (Wildman–Crippen LogP) is 1.00. The summed E-state index contributed by atoms with van der Waals surface area (Å²) < 4.78 is 5.64. The molecule has 2 rings (SSSR count). The molecule has 17 heavy (non-hydrogen) atoms. The van der Waals surface area contributed by atoms with Gasteiger partial charge >= 0.3 is 0 Å². The molecule has 0 radical (unpaired) electrons. The highest BCUT2D eigenvalue weighted by Gasteiger charge is 2.27. The summed E-state index contributed by atoms with van der Waals surface area (Å²) in [5, 5.41) is 7.84. The van der Waals surface area contributed by atoms with Crippen LogP contribution in [-0.4, -0.2) is 46.1 Å². The van der Waals surface area contributed by atoms with Gasteiger partial charge in [0.15, 0.2) is 0 Å². The van der Waals surface area contributed by atoms with E-state index in [1.165, 1.54) is 0 Å². The minimum Gasteiger partial charge on any atom is -0.471 e. The number of aromatic nitrogens is 2. The molecule has 1 amide bonds. The SMILES string of the molecule is Cc1ccc(OC2CCN(C(=O)CCl)C2)nn1. The Morgan fingerprint density at radius 1 is 1.59 bits per heavy atom. The van der Waals surface area contributed by atoms with E-state index in [4.69, 9.17) is 16.3 Å². The van der Waals surface area contributed by atoms with Gasteiger partial charge in [-0.15, -0.1) is 16.7 Å². The number of nitrogens with zero attached hydrogens (tertiary/aromatic N) is 3. The molecule has 92 valence electrons. The van der Waals surface area contributed by atoms with Gasteiger partial charge in [0.05, 0.1) is 12.2 Å². The Morgan fingerprint density at radius 3 is 3.06 bits per heavy atom. The number of hydrogen-bond acceptors (Lipinski definition) is 4. The lowest BCUT2D eigenvalue weighted by atomic mass is 10.3. The highest BCUT2D eigenvalue weighted by molar-refractivity contribution is 6.27. The van der Waals surface area contributed by atoms with Crippen LogP contribution in [0.5, 0.6) is 5.88 Å². The number of likely N-dealkylation sites (tertiary alicyclic amines) is 1. The van der Waals surface area contributed by atoms with Crippen LogP contribution in [-0.2, 0) is 4.79 Å². The lowest BCUT2D eigenvalue weighted by molar-refractivity contribution is -0.127. The quantitative estimate of drug-likeness (QED) is 0.757. The summed E-state index contributed by atoms with van der Waals surface area (Å²) in [5.41, 5.74) is 0.850. The molecular weight excluding hydrogens is 242 g/mol. The minimum absolute atomic E-state index is 0.0147. The van der Waals surface area contributed by atoms with Gasteiger partial charge in [0.2, 0.25) is 11.8 Å². The van der Waals surface area contributed by atoms with Crippen molar-refractivity contribution < 1.29 is 9.53 Å². The molecule has 1 atom stereocenters. The van der Waals surface area contributed by atoms with Crippen molar-refractivity contribution in [1.29, 1.82) is 0 Å². The van der Waals surface area contributed by atoms with Gasteiger partial charge in [-0.1, -0.05) is 0 Å². The van der Waals surface area contributed by atoms with E-state index in [1.54, 1.807) is 11.0 Å². The van der Waals surface area contributed by atoms with Crippen molar-refractivity contribution in [2.45, 2.75) is 19.4 Å². The molecule has 5 nitrogen and oxygen atoms in total. The Morgan fingerprint density at radius 2 is 2.41 bits per heavy atom. The van der Waals surface area contributed by atoms with Gasteiger partial charge in [0.1, 0.15) is 12.0 Å². The summed E-state index contributed by atoms with van der Waals surface area (Å²) >= 11 is 5.50. The first-order chi connectivity index (χ1) is 8.19. The standard InChI is InChI=1S/C11H14ClN3O2/c1-8-2-3-10(14-13-8)17-9-4-5-15(7-9)11(16)6-12/h2-3,9H,4-7H2,1H3. The second-order valence-electron chi connectivity index (χ2n) is 4.01. The van der Waals surface area contributed by atoms with E-state index in [2.05, 4.69) is 10.2 Å². The van der Waals surface area contributed by atoms with Crippen LogP contribution >= 0.6 is 11.6 Å². The van der Waals surface area contributed by atoms with Crippen molar-refractivity contribution in [2.24, 2.45) is 0 Å². The Balaban J connectivity index is 1.89. The minimum atomic E-state index is -0.0484. The molecule has 1 fully saturated rings. The number of amides is 1. The van der Waals surface area contributed by atoms with Gasteiger partial charge in [-0.25, -0.2) is 0 Å². The molecule has 1 aromatic heterocycles. The first-order valence-electron chi connectivity index (χ1n) is 5.50. The summed E-state index contributed by atoms with van der Waals surface area (Å²) in [6.07, 6.45) is 0.789. The third-order valence-corrected chi connectivity index (χ3v) is 2.90. The Labute approximate surface area is 105 Å². The van der Waals surface area contributed by atoms with E-state index in [-0.39, 0.29) is 17.9 Å². The summed E-state index contributed by atoms with van der Waals surface area (Å²) in [4.78, 5) is 13.1. The molecule has 0 aliphatic carbocycles. The zero-order valence-electron chi connectivity index (χ0n) is 9.60. The van der Waals surface area contributed by atoms with Crippen molar-refractivity contribution in [1.82, 2.24) is 15.1 Å². The van der Waals surface area contributed by atoms with Crippen molar-refractivity contribution in [2.75, 3.05) is 19.0 Å². The molecule has 1 unspecified atom stereocenters. The van der Waals surface area contributed by atoms with Gasteiger partial charge in [-0.2, -0.15) is 5.10 Å². The molecule has 1 aromatic rings. The number of aryl methyl sites for hydroxylation is 1. The number of alkyl halides is 1. The second kappa shape index (κ2) is 5.31. The Bertz CT molecular complexity index is 396. The van der Waals surface area contributed by atoms with Gasteiger partial charge in [0, 0.05) is 19.0 Å². The summed E-state index contributed by atoms with van der Waals surface area (Å²) in [6, 6.07) is 3.63. The number of carbonyl (C=O) groups excluding carboxylic acids is 1. The van der Waals surface area contributed by atoms with Gasteiger partial charge in [0.25, 0.3) is 0 Å². The molecular formula is C11H14ClN3O2. The van der Waals surface area contributed by atoms with E-state index < -0.39 is 0 Å². The number of hydrogen-bond donors (Lipinski definition) is 0. The zero-order valence-corrected chi connectivity index (χ0v) is 10.4. The molecule has 0 saturated carbocycles. The number of carbonyl (C=O) groups is 1. The fourth-order valence-corrected chi connectivity index (χ4v) is 1.92. The van der Waals surface area contributed by atoms with E-state index in [0.29, 0.717) is 19.0 Å². The maximum atomic E-state index is 11.4. The molecule has 0 N–H and O–H groups in total. The first kappa shape index (κ1) is 12.1. The Kier molecular flexibility index (Phi) is 3.78. The third kappa shape index (κ3) is 3.06. The maximum Gasteiger partial charge on any atom is 0.237 e. The van der Waals surface area contributed by atoms with Crippen LogP contribution in [0.15, 0.2) is 12.1 Å². The largest absolute Gasteiger partial charge is 0.471 e. The molecule has 1 aliphatic rings. The molecule has 1 aliphatic heterocycles. The number of halogens is 1. The second-order valence-corrected chi connectivity index (χ2v) is 4.28. The van der Waals surface area contributed by atoms with Crippen LogP contribution < -0.4 is 4.74 Å². The van der Waals surface area contributed by atoms with E-state index in [0.717, 1.165) is 12.1 Å². The lowest BCUT2D eigenvalue weighted by Crippen LogP contribution is -2.31. The van der Waals surface area contributed by atoms with Crippen LogP contribution in [0.3, 0.4) is 0 Å². The zero-order chi connectivity index (χ0) is 12.3. The van der Waals surface area contributed by atoms with Crippen molar-refractivity contribution >= 4 is 17.5 Å². The lowest BCUT2D eigenvalue weighted by Gasteiger charge is -2.15. The fraction of sp³-hybridized carbons (Fsp3) is 0.545. The van der Waals surface area contributed by atoms with Gasteiger partial charge < -0.3 is 9.64 Å². The van der Waals surface area contributed by atoms with Crippen LogP contribution in [0.1, 0.15) is 12.1 Å². The van der Waals surface area contributed by atoms with E-state index in [1.807, 2.05) is 13.0 Å². The smallest absolute Gasteiger partial charge is 0.237 e. The number of rotatable bonds is 3. The van der Waals surface area contributed by atoms with Crippen molar-refractivity contribution in [3.8, 4) is 5.88 Å². The van der Waals surface area contributed by atoms with Crippen molar-refractivity contribution in [3.05, 3.63) is 17.8 Å². The predicted molar refractivity (Wildman–Crippen MR) is 63.1 cm³/mol. The molecule has 0 bridgehead atoms. The van der Waals surface area contributed by atoms with E-state index >= 15 is 0 Å². The molecule has 6 heteroatoms. The van der Waals surface area contributed by atoms with Crippen LogP contribution in [0, 0.1) is 6.92 Å². The van der Waals surface area contributed by atoms with E-state index in [9.17, 15) is 4.79 Å². The summed E-state index contributed by atoms with van der Waals surface area (Å²) in [5.74, 6) is 0.477. The Hall–Kier alpha value is -1.36. The average molecular weight is 256 g/mol. The normalized spacial score (nSPS) is 19.4. The first-order valence-corrected chi connectivity index (χ1v) is 6.03. The molecule has 2 heterocycles. The number of ether oxygens (including phenoxy) is 1. The fourth-order valence-electron chi connectivity index (χ4n) is 1.76. The molecule has 0 aromatic carbocycles. The monoisotopic (exact) mass is 255 g/mol.